The Hall–Kier alpha value is -1.98. The van der Waals surface area contributed by atoms with Crippen molar-refractivity contribution in [3.63, 3.8) is 0 Å². The third-order valence-electron chi connectivity index (χ3n) is 3.29. The van der Waals surface area contributed by atoms with Gasteiger partial charge in [0.1, 0.15) is 11.7 Å². The van der Waals surface area contributed by atoms with Gasteiger partial charge < -0.3 is 19.1 Å². The molecule has 1 saturated heterocycles. The fourth-order valence-corrected chi connectivity index (χ4v) is 2.23. The largest absolute Gasteiger partial charge is 0.481 e. The molecule has 0 aromatic carbocycles. The van der Waals surface area contributed by atoms with Crippen LogP contribution in [0.15, 0.2) is 18.2 Å². The number of carbonyl (C=O) groups excluding carboxylic acids is 1. The Balaban J connectivity index is 1.83. The summed E-state index contributed by atoms with van der Waals surface area (Å²) in [6.45, 7) is 6.87. The molecule has 0 saturated carbocycles. The second-order valence-corrected chi connectivity index (χ2v) is 6.30. The highest BCUT2D eigenvalue weighted by atomic mass is 16.6. The first kappa shape index (κ1) is 16.4. The summed E-state index contributed by atoms with van der Waals surface area (Å²) in [5.41, 5.74) is -0.463. The van der Waals surface area contributed by atoms with Crippen LogP contribution in [-0.4, -0.2) is 47.9 Å². The molecule has 1 fully saturated rings. The Bertz CT molecular complexity index is 505. The van der Waals surface area contributed by atoms with Crippen molar-refractivity contribution in [2.75, 3.05) is 20.2 Å². The molecule has 0 radical (unpaired) electrons. The summed E-state index contributed by atoms with van der Waals surface area (Å²) in [4.78, 5) is 18.0. The second-order valence-electron chi connectivity index (χ2n) is 6.30. The van der Waals surface area contributed by atoms with Crippen LogP contribution in [0.3, 0.4) is 0 Å². The molecule has 1 aliphatic heterocycles. The van der Waals surface area contributed by atoms with Crippen molar-refractivity contribution in [2.24, 2.45) is 0 Å². The standard InChI is InChI=1S/C16H24N2O4/c1-16(2,3)22-15(19)18-10-8-12(9-11-18)21-14-7-5-6-13(17-14)20-4/h5-7,12H,8-11H2,1-4H3. The molecule has 0 bridgehead atoms. The SMILES string of the molecule is COc1cccc(OC2CCN(C(=O)OC(C)(C)C)CC2)n1. The van der Waals surface area contributed by atoms with E-state index in [0.29, 0.717) is 24.8 Å². The zero-order valence-corrected chi connectivity index (χ0v) is 13.7. The van der Waals surface area contributed by atoms with Crippen molar-refractivity contribution in [2.45, 2.75) is 45.3 Å². The molecule has 0 spiro atoms. The fraction of sp³-hybridized carbons (Fsp3) is 0.625. The van der Waals surface area contributed by atoms with Gasteiger partial charge >= 0.3 is 6.09 Å². The summed E-state index contributed by atoms with van der Waals surface area (Å²) < 4.78 is 16.3. The van der Waals surface area contributed by atoms with E-state index in [9.17, 15) is 4.79 Å². The van der Waals surface area contributed by atoms with E-state index in [1.54, 1.807) is 18.1 Å². The highest BCUT2D eigenvalue weighted by Gasteiger charge is 2.27. The van der Waals surface area contributed by atoms with Gasteiger partial charge in [-0.3, -0.25) is 0 Å². The summed E-state index contributed by atoms with van der Waals surface area (Å²) in [5.74, 6) is 1.08. The minimum atomic E-state index is -0.463. The van der Waals surface area contributed by atoms with Crippen LogP contribution in [0.4, 0.5) is 4.79 Å². The van der Waals surface area contributed by atoms with Crippen molar-refractivity contribution in [3.8, 4) is 11.8 Å². The lowest BCUT2D eigenvalue weighted by molar-refractivity contribution is 0.0123. The number of hydrogen-bond donors (Lipinski definition) is 0. The van der Waals surface area contributed by atoms with Crippen molar-refractivity contribution >= 4 is 6.09 Å². The van der Waals surface area contributed by atoms with Gasteiger partial charge in [-0.2, -0.15) is 4.98 Å². The van der Waals surface area contributed by atoms with Crippen molar-refractivity contribution in [1.82, 2.24) is 9.88 Å². The number of likely N-dealkylation sites (tertiary alicyclic amines) is 1. The van der Waals surface area contributed by atoms with Crippen LogP contribution in [0, 0.1) is 0 Å². The topological polar surface area (TPSA) is 60.9 Å². The highest BCUT2D eigenvalue weighted by molar-refractivity contribution is 5.68. The van der Waals surface area contributed by atoms with Crippen LogP contribution >= 0.6 is 0 Å². The smallest absolute Gasteiger partial charge is 0.410 e. The zero-order chi connectivity index (χ0) is 16.2. The molecule has 2 rings (SSSR count). The minimum Gasteiger partial charge on any atom is -0.481 e. The molecule has 6 heteroatoms. The van der Waals surface area contributed by atoms with E-state index < -0.39 is 5.60 Å². The Labute approximate surface area is 131 Å². The van der Waals surface area contributed by atoms with E-state index in [-0.39, 0.29) is 12.2 Å². The fourth-order valence-electron chi connectivity index (χ4n) is 2.23. The maximum Gasteiger partial charge on any atom is 0.410 e. The Kier molecular flexibility index (Phi) is 5.11. The number of ether oxygens (including phenoxy) is 3. The Morgan fingerprint density at radius 2 is 1.86 bits per heavy atom. The Morgan fingerprint density at radius 1 is 1.23 bits per heavy atom. The first-order valence-corrected chi connectivity index (χ1v) is 7.53. The van der Waals surface area contributed by atoms with Crippen molar-refractivity contribution in [3.05, 3.63) is 18.2 Å². The van der Waals surface area contributed by atoms with E-state index in [1.807, 2.05) is 32.9 Å². The molecule has 0 aliphatic carbocycles. The second kappa shape index (κ2) is 6.85. The zero-order valence-electron chi connectivity index (χ0n) is 13.7. The van der Waals surface area contributed by atoms with Crippen molar-refractivity contribution < 1.29 is 19.0 Å². The highest BCUT2D eigenvalue weighted by Crippen LogP contribution is 2.20. The van der Waals surface area contributed by atoms with E-state index >= 15 is 0 Å². The summed E-state index contributed by atoms with van der Waals surface area (Å²) in [6, 6.07) is 5.43. The lowest BCUT2D eigenvalue weighted by atomic mass is 10.1. The van der Waals surface area contributed by atoms with Crippen LogP contribution < -0.4 is 9.47 Å². The molecule has 0 N–H and O–H groups in total. The molecule has 6 nitrogen and oxygen atoms in total. The average molecular weight is 308 g/mol. The lowest BCUT2D eigenvalue weighted by Crippen LogP contribution is -2.44. The number of aromatic nitrogens is 1. The molecule has 1 amide bonds. The maximum atomic E-state index is 12.0. The molecule has 1 aromatic rings. The van der Waals surface area contributed by atoms with E-state index in [4.69, 9.17) is 14.2 Å². The number of pyridine rings is 1. The minimum absolute atomic E-state index is 0.0540. The van der Waals surface area contributed by atoms with Gasteiger partial charge in [-0.05, 0) is 20.8 Å². The quantitative estimate of drug-likeness (QED) is 0.859. The first-order valence-electron chi connectivity index (χ1n) is 7.53. The molecule has 0 atom stereocenters. The summed E-state index contributed by atoms with van der Waals surface area (Å²) in [6.07, 6.45) is 1.32. The normalized spacial score (nSPS) is 16.3. The average Bonchev–Trinajstić information content (AvgIpc) is 2.46. The predicted molar refractivity (Wildman–Crippen MR) is 82.2 cm³/mol. The first-order chi connectivity index (χ1) is 10.4. The number of nitrogens with zero attached hydrogens (tertiary/aromatic N) is 2. The van der Waals surface area contributed by atoms with Gasteiger partial charge in [-0.25, -0.2) is 4.79 Å². The monoisotopic (exact) mass is 308 g/mol. The number of hydrogen-bond acceptors (Lipinski definition) is 5. The van der Waals surface area contributed by atoms with Crippen LogP contribution in [-0.2, 0) is 4.74 Å². The number of carbonyl (C=O) groups is 1. The maximum absolute atomic E-state index is 12.0. The van der Waals surface area contributed by atoms with Gasteiger partial charge in [-0.1, -0.05) is 6.07 Å². The number of methoxy groups -OCH3 is 1. The summed E-state index contributed by atoms with van der Waals surface area (Å²) in [7, 11) is 1.57. The molecule has 2 heterocycles. The van der Waals surface area contributed by atoms with Crippen molar-refractivity contribution in [1.29, 1.82) is 0 Å². The molecule has 22 heavy (non-hydrogen) atoms. The van der Waals surface area contributed by atoms with Gasteiger partial charge in [0.15, 0.2) is 0 Å². The molecular formula is C16H24N2O4. The van der Waals surface area contributed by atoms with Gasteiger partial charge in [0, 0.05) is 38.1 Å². The predicted octanol–water partition coefficient (Wildman–Crippen LogP) is 2.87. The van der Waals surface area contributed by atoms with Crippen LogP contribution in [0.2, 0.25) is 0 Å². The number of rotatable bonds is 3. The van der Waals surface area contributed by atoms with Crippen LogP contribution in [0.1, 0.15) is 33.6 Å². The number of piperidine rings is 1. The van der Waals surface area contributed by atoms with E-state index in [2.05, 4.69) is 4.98 Å². The Morgan fingerprint density at radius 3 is 2.45 bits per heavy atom. The van der Waals surface area contributed by atoms with E-state index in [0.717, 1.165) is 12.8 Å². The molecule has 122 valence electrons. The third-order valence-corrected chi connectivity index (χ3v) is 3.29. The molecular weight excluding hydrogens is 284 g/mol. The number of amides is 1. The summed E-state index contributed by atoms with van der Waals surface area (Å²) >= 11 is 0. The van der Waals surface area contributed by atoms with Gasteiger partial charge in [0.05, 0.1) is 7.11 Å². The summed E-state index contributed by atoms with van der Waals surface area (Å²) in [5, 5.41) is 0. The molecule has 0 unspecified atom stereocenters. The van der Waals surface area contributed by atoms with Gasteiger partial charge in [0.2, 0.25) is 11.8 Å². The van der Waals surface area contributed by atoms with Crippen LogP contribution in [0.5, 0.6) is 11.8 Å². The molecule has 1 aliphatic rings. The van der Waals surface area contributed by atoms with E-state index in [1.165, 1.54) is 0 Å². The third kappa shape index (κ3) is 4.79. The van der Waals surface area contributed by atoms with Gasteiger partial charge in [0.25, 0.3) is 0 Å². The molecule has 1 aromatic heterocycles. The lowest BCUT2D eigenvalue weighted by Gasteiger charge is -2.33. The van der Waals surface area contributed by atoms with Crippen LogP contribution in [0.25, 0.3) is 0 Å². The van der Waals surface area contributed by atoms with Gasteiger partial charge in [-0.15, -0.1) is 0 Å².